The van der Waals surface area contributed by atoms with Crippen molar-refractivity contribution in [3.8, 4) is 0 Å². The van der Waals surface area contributed by atoms with Crippen molar-refractivity contribution in [3.63, 3.8) is 0 Å². The summed E-state index contributed by atoms with van der Waals surface area (Å²) in [6.07, 6.45) is 6.90. The molecule has 0 radical (unpaired) electrons. The molecule has 0 aliphatic rings. The quantitative estimate of drug-likeness (QED) is 0.0763. The molecule has 0 bridgehead atoms. The number of rotatable bonds is 19. The number of ketones is 1. The van der Waals surface area contributed by atoms with Gasteiger partial charge in [-0.1, -0.05) is 172 Å². The first-order valence-electron chi connectivity index (χ1n) is 18.8. The molecule has 1 amide bonds. The highest BCUT2D eigenvalue weighted by atomic mass is 32.2. The molecule has 1 N–H and O–H groups in total. The molecule has 0 saturated carbocycles. The zero-order valence-electron chi connectivity index (χ0n) is 32.7. The van der Waals surface area contributed by atoms with Crippen LogP contribution in [-0.4, -0.2) is 37.9 Å². The van der Waals surface area contributed by atoms with Gasteiger partial charge in [0.25, 0.3) is 0 Å². The Morgan fingerprint density at radius 3 is 1.60 bits per heavy atom. The van der Waals surface area contributed by atoms with E-state index in [1.54, 1.807) is 6.92 Å². The molecule has 0 unspecified atom stereocenters. The molecular weight excluding hydrogens is 651 g/mol. The Balaban J connectivity index is 2.09. The van der Waals surface area contributed by atoms with Crippen molar-refractivity contribution in [3.05, 3.63) is 108 Å². The fourth-order valence-electron chi connectivity index (χ4n) is 6.59. The normalized spacial score (nSPS) is 14.5. The third-order valence-corrected chi connectivity index (χ3v) is 16.6. The average molecular weight is 716 g/mol. The van der Waals surface area contributed by atoms with Gasteiger partial charge >= 0.3 is 0 Å². The summed E-state index contributed by atoms with van der Waals surface area (Å²) in [6, 6.07) is 31.8. The number of hydrogen-bond acceptors (Lipinski definition) is 4. The topological polar surface area (TPSA) is 55.4 Å². The van der Waals surface area contributed by atoms with E-state index in [4.69, 9.17) is 4.43 Å². The maximum absolute atomic E-state index is 14.3. The molecule has 0 aromatic heterocycles. The standard InChI is InChI=1S/C44H65NO3SSi/c1-11-12-13-14-18-25-35(41(47)45-40(34(2)46)42(3,4)5)32-39(48-50(9,10)43(6,7)8)33-49-44(36-26-19-15-20-27-36,37-28-21-16-22-29-37)38-30-23-17-24-31-38/h15-17,19-24,26-31,35,39-40H,11-14,18,25,32-33H2,1-10H3,(H,45,47)/t35-,39+,40-/m1/s1. The maximum atomic E-state index is 14.3. The minimum absolute atomic E-state index is 0.00413. The van der Waals surface area contributed by atoms with Gasteiger partial charge in [0.1, 0.15) is 0 Å². The maximum Gasteiger partial charge on any atom is 0.223 e. The molecule has 0 saturated heterocycles. The number of Topliss-reactive ketones (excluding diaryl/α,β-unsaturated/α-hetero) is 1. The van der Waals surface area contributed by atoms with Crippen molar-refractivity contribution in [2.75, 3.05) is 5.75 Å². The van der Waals surface area contributed by atoms with E-state index < -0.39 is 19.1 Å². The van der Waals surface area contributed by atoms with Crippen molar-refractivity contribution in [1.82, 2.24) is 5.32 Å². The van der Waals surface area contributed by atoms with E-state index in [1.165, 1.54) is 36.0 Å². The Kier molecular flexibility index (Phi) is 15.6. The van der Waals surface area contributed by atoms with Gasteiger partial charge in [-0.25, -0.2) is 0 Å². The van der Waals surface area contributed by atoms with E-state index in [-0.39, 0.29) is 34.2 Å². The van der Waals surface area contributed by atoms with E-state index >= 15 is 0 Å². The first kappa shape index (κ1) is 41.7. The number of hydrogen-bond donors (Lipinski definition) is 1. The Morgan fingerprint density at radius 1 is 0.740 bits per heavy atom. The second kappa shape index (κ2) is 18.7. The SMILES string of the molecule is CCCCCCC[C@H](C[C@@H](CSC(c1ccccc1)(c1ccccc1)c1ccccc1)O[Si](C)(C)C(C)(C)C)C(=O)N[C@H](C(C)=O)C(C)(C)C. The third kappa shape index (κ3) is 11.4. The lowest BCUT2D eigenvalue weighted by Gasteiger charge is -2.42. The summed E-state index contributed by atoms with van der Waals surface area (Å²) in [4.78, 5) is 27.1. The molecule has 0 spiro atoms. The Bertz CT molecular complexity index is 1350. The summed E-state index contributed by atoms with van der Waals surface area (Å²) in [5.74, 6) is 0.427. The number of thioether (sulfide) groups is 1. The molecule has 0 heterocycles. The summed E-state index contributed by atoms with van der Waals surface area (Å²) in [5, 5.41) is 3.23. The number of carbonyl (C=O) groups is 2. The zero-order valence-corrected chi connectivity index (χ0v) is 34.5. The highest BCUT2D eigenvalue weighted by Gasteiger charge is 2.43. The predicted octanol–water partition coefficient (Wildman–Crippen LogP) is 11.6. The molecular formula is C44H65NO3SSi. The fraction of sp³-hybridized carbons (Fsp3) is 0.545. The van der Waals surface area contributed by atoms with Gasteiger partial charge in [-0.2, -0.15) is 0 Å². The third-order valence-electron chi connectivity index (χ3n) is 10.4. The second-order valence-corrected chi connectivity index (χ2v) is 22.6. The molecule has 0 fully saturated rings. The fourth-order valence-corrected chi connectivity index (χ4v) is 9.62. The van der Waals surface area contributed by atoms with Gasteiger partial charge in [-0.15, -0.1) is 11.8 Å². The van der Waals surface area contributed by atoms with Gasteiger partial charge in [0.15, 0.2) is 14.1 Å². The van der Waals surface area contributed by atoms with Crippen LogP contribution in [0.5, 0.6) is 0 Å². The highest BCUT2D eigenvalue weighted by Crippen LogP contribution is 2.49. The van der Waals surface area contributed by atoms with E-state index in [0.717, 1.165) is 19.3 Å². The smallest absolute Gasteiger partial charge is 0.223 e. The summed E-state index contributed by atoms with van der Waals surface area (Å²) in [6.45, 7) is 21.4. The Morgan fingerprint density at radius 2 is 1.20 bits per heavy atom. The van der Waals surface area contributed by atoms with E-state index in [0.29, 0.717) is 12.2 Å². The number of carbonyl (C=O) groups excluding carboxylic acids is 2. The van der Waals surface area contributed by atoms with Crippen molar-refractivity contribution < 1.29 is 14.0 Å². The highest BCUT2D eigenvalue weighted by molar-refractivity contribution is 8.00. The van der Waals surface area contributed by atoms with Crippen LogP contribution in [0.25, 0.3) is 0 Å². The van der Waals surface area contributed by atoms with E-state index in [2.05, 4.69) is 137 Å². The van der Waals surface area contributed by atoms with Crippen LogP contribution in [0.1, 0.15) is 117 Å². The van der Waals surface area contributed by atoms with Crippen molar-refractivity contribution in [2.45, 2.75) is 135 Å². The minimum Gasteiger partial charge on any atom is -0.413 e. The molecule has 3 rings (SSSR count). The van der Waals surface area contributed by atoms with Crippen molar-refractivity contribution >= 4 is 31.8 Å². The van der Waals surface area contributed by atoms with E-state index in [9.17, 15) is 9.59 Å². The first-order chi connectivity index (χ1) is 23.5. The average Bonchev–Trinajstić information content (AvgIpc) is 3.06. The molecule has 6 heteroatoms. The zero-order chi connectivity index (χ0) is 37.0. The van der Waals surface area contributed by atoms with Gasteiger partial charge in [0.2, 0.25) is 5.91 Å². The number of nitrogens with one attached hydrogen (secondary N) is 1. The van der Waals surface area contributed by atoms with Gasteiger partial charge < -0.3 is 9.74 Å². The lowest BCUT2D eigenvalue weighted by molar-refractivity contribution is -0.132. The van der Waals surface area contributed by atoms with Crippen LogP contribution in [0.15, 0.2) is 91.0 Å². The summed E-state index contributed by atoms with van der Waals surface area (Å²) < 4.78 is 6.84. The molecule has 4 nitrogen and oxygen atoms in total. The number of benzene rings is 3. The summed E-state index contributed by atoms with van der Waals surface area (Å²) >= 11 is 1.91. The van der Waals surface area contributed by atoms with Gasteiger partial charge in [0.05, 0.1) is 16.9 Å². The molecule has 3 atom stereocenters. The largest absolute Gasteiger partial charge is 0.413 e. The summed E-state index contributed by atoms with van der Waals surface area (Å²) in [7, 11) is -2.23. The lowest BCUT2D eigenvalue weighted by atomic mass is 9.83. The van der Waals surface area contributed by atoms with Crippen LogP contribution >= 0.6 is 11.8 Å². The van der Waals surface area contributed by atoms with Crippen molar-refractivity contribution in [1.29, 1.82) is 0 Å². The van der Waals surface area contributed by atoms with Crippen molar-refractivity contribution in [2.24, 2.45) is 11.3 Å². The summed E-state index contributed by atoms with van der Waals surface area (Å²) in [5.41, 5.74) is 3.27. The van der Waals surface area contributed by atoms with Crippen LogP contribution in [0.2, 0.25) is 18.1 Å². The van der Waals surface area contributed by atoms with Crippen LogP contribution in [0.3, 0.4) is 0 Å². The Labute approximate surface area is 310 Å². The van der Waals surface area contributed by atoms with Gasteiger partial charge in [0, 0.05) is 11.7 Å². The number of unbranched alkanes of at least 4 members (excludes halogenated alkanes) is 4. The lowest BCUT2D eigenvalue weighted by Crippen LogP contribution is -2.51. The first-order valence-corrected chi connectivity index (χ1v) is 22.7. The Hall–Kier alpha value is -2.67. The molecule has 3 aromatic rings. The van der Waals surface area contributed by atoms with Crippen LogP contribution in [0, 0.1) is 11.3 Å². The van der Waals surface area contributed by atoms with Gasteiger partial charge in [-0.05, 0) is 60.0 Å². The molecule has 3 aromatic carbocycles. The number of amides is 1. The van der Waals surface area contributed by atoms with Crippen LogP contribution in [-0.2, 0) is 18.8 Å². The molecule has 274 valence electrons. The predicted molar refractivity (Wildman–Crippen MR) is 217 cm³/mol. The van der Waals surface area contributed by atoms with Crippen LogP contribution < -0.4 is 5.32 Å². The molecule has 0 aliphatic carbocycles. The molecule has 0 aliphatic heterocycles. The molecule has 50 heavy (non-hydrogen) atoms. The second-order valence-electron chi connectivity index (χ2n) is 16.6. The van der Waals surface area contributed by atoms with E-state index in [1.807, 2.05) is 32.5 Å². The van der Waals surface area contributed by atoms with Gasteiger partial charge in [-0.3, -0.25) is 9.59 Å². The van der Waals surface area contributed by atoms with Crippen LogP contribution in [0.4, 0.5) is 0 Å². The minimum atomic E-state index is -2.23. The monoisotopic (exact) mass is 715 g/mol.